The first-order valence-electron chi connectivity index (χ1n) is 14.1. The van der Waals surface area contributed by atoms with Gasteiger partial charge in [0.15, 0.2) is 0 Å². The molecular weight excluding hydrogens is 537 g/mol. The number of pyridine rings is 1. The van der Waals surface area contributed by atoms with Crippen molar-refractivity contribution in [3.05, 3.63) is 107 Å². The zero-order valence-corrected chi connectivity index (χ0v) is 23.5. The molecule has 10 heteroatoms. The van der Waals surface area contributed by atoms with Crippen molar-refractivity contribution in [3.63, 3.8) is 0 Å². The summed E-state index contributed by atoms with van der Waals surface area (Å²) < 4.78 is 28.6. The zero-order valence-electron chi connectivity index (χ0n) is 23.5. The molecule has 1 amide bonds. The van der Waals surface area contributed by atoms with E-state index in [-0.39, 0.29) is 17.9 Å². The number of amides is 1. The fraction of sp³-hybridized carbons (Fsp3) is 0.281. The molecule has 2 aromatic carbocycles. The molecule has 9 nitrogen and oxygen atoms in total. The topological polar surface area (TPSA) is 90.6 Å². The van der Waals surface area contributed by atoms with Gasteiger partial charge >= 0.3 is 0 Å². The van der Waals surface area contributed by atoms with Gasteiger partial charge in [0.05, 0.1) is 6.61 Å². The van der Waals surface area contributed by atoms with Crippen molar-refractivity contribution >= 4 is 17.4 Å². The highest BCUT2D eigenvalue weighted by molar-refractivity contribution is 6.06. The molecule has 2 unspecified atom stereocenters. The number of carbonyl (C=O) groups excluding carboxylic acids is 1. The van der Waals surface area contributed by atoms with Crippen molar-refractivity contribution < 1.29 is 18.7 Å². The number of benzene rings is 2. The molecule has 1 N–H and O–H groups in total. The minimum atomic E-state index is -0.614. The van der Waals surface area contributed by atoms with E-state index in [1.807, 2.05) is 10.7 Å². The average Bonchev–Trinajstić information content (AvgIpc) is 3.64. The van der Waals surface area contributed by atoms with E-state index < -0.39 is 17.3 Å². The Hall–Kier alpha value is -4.70. The van der Waals surface area contributed by atoms with Crippen LogP contribution in [0.15, 0.2) is 83.9 Å². The van der Waals surface area contributed by atoms with Crippen LogP contribution in [-0.4, -0.2) is 51.9 Å². The van der Waals surface area contributed by atoms with Gasteiger partial charge in [-0.3, -0.25) is 18.8 Å². The summed E-state index contributed by atoms with van der Waals surface area (Å²) in [6.07, 6.45) is 6.66. The minimum Gasteiger partial charge on any atom is -0.493 e. The third-order valence-electron chi connectivity index (χ3n) is 7.78. The molecule has 4 heterocycles. The normalized spacial score (nSPS) is 18.3. The van der Waals surface area contributed by atoms with Crippen LogP contribution in [0.1, 0.15) is 29.4 Å². The molecule has 42 heavy (non-hydrogen) atoms. The lowest BCUT2D eigenvalue weighted by Gasteiger charge is -2.27. The second-order valence-corrected chi connectivity index (χ2v) is 10.6. The molecular formula is C32H32FN5O4. The van der Waals surface area contributed by atoms with Gasteiger partial charge in [-0.05, 0) is 99.6 Å². The van der Waals surface area contributed by atoms with Crippen LogP contribution in [0, 0.1) is 17.7 Å². The van der Waals surface area contributed by atoms with E-state index in [0.717, 1.165) is 37.5 Å². The molecule has 0 saturated carbocycles. The number of nitrogens with one attached hydrogen (secondary N) is 1. The molecule has 2 aliphatic heterocycles. The fourth-order valence-electron chi connectivity index (χ4n) is 5.65. The van der Waals surface area contributed by atoms with Gasteiger partial charge in [-0.1, -0.05) is 0 Å². The largest absolute Gasteiger partial charge is 0.493 e. The van der Waals surface area contributed by atoms with Crippen molar-refractivity contribution in [2.45, 2.75) is 19.9 Å². The number of ether oxygens (including phenoxy) is 2. The lowest BCUT2D eigenvalue weighted by Crippen LogP contribution is -2.29. The van der Waals surface area contributed by atoms with Gasteiger partial charge in [0.1, 0.15) is 34.3 Å². The summed E-state index contributed by atoms with van der Waals surface area (Å²) in [5.74, 6) is 1.40. The van der Waals surface area contributed by atoms with E-state index in [1.165, 1.54) is 35.0 Å². The molecule has 6 rings (SSSR count). The number of allylic oxidation sites excluding steroid dienone is 1. The Morgan fingerprint density at radius 1 is 1.07 bits per heavy atom. The van der Waals surface area contributed by atoms with Crippen molar-refractivity contribution in [3.8, 4) is 17.2 Å². The predicted octanol–water partition coefficient (Wildman–Crippen LogP) is 4.83. The molecule has 216 valence electrons. The molecule has 0 spiro atoms. The number of hydrogen-bond donors (Lipinski definition) is 1. The number of nitrogens with zero attached hydrogens (tertiary/aromatic N) is 4. The number of anilines is 1. The summed E-state index contributed by atoms with van der Waals surface area (Å²) in [5.41, 5.74) is 1.13. The van der Waals surface area contributed by atoms with Crippen molar-refractivity contribution in [1.29, 1.82) is 0 Å². The summed E-state index contributed by atoms with van der Waals surface area (Å²) in [7, 11) is 2.15. The quantitative estimate of drug-likeness (QED) is 0.327. The average molecular weight is 570 g/mol. The highest BCUT2D eigenvalue weighted by Gasteiger charge is 2.31. The third kappa shape index (κ3) is 5.58. The molecule has 1 fully saturated rings. The lowest BCUT2D eigenvalue weighted by atomic mass is 9.89. The second kappa shape index (κ2) is 11.7. The van der Waals surface area contributed by atoms with Crippen LogP contribution in [0.25, 0.3) is 11.4 Å². The Kier molecular flexibility index (Phi) is 7.62. The van der Waals surface area contributed by atoms with E-state index >= 15 is 0 Å². The SMILES string of the molecule is CCOc1ccn(-c2ccc(F)cc2)c(=O)c1C(=O)Nc1ccc(OC2=CC(C3CCN(C)C3)Cn3nccc32)cc1. The highest BCUT2D eigenvalue weighted by atomic mass is 19.1. The fourth-order valence-corrected chi connectivity index (χ4v) is 5.65. The first-order chi connectivity index (χ1) is 20.4. The van der Waals surface area contributed by atoms with Crippen LogP contribution in [0.3, 0.4) is 0 Å². The third-order valence-corrected chi connectivity index (χ3v) is 7.78. The number of rotatable bonds is 8. The summed E-state index contributed by atoms with van der Waals surface area (Å²) in [4.78, 5) is 29.1. The van der Waals surface area contributed by atoms with E-state index in [0.29, 0.717) is 29.0 Å². The smallest absolute Gasteiger partial charge is 0.271 e. The molecule has 1 saturated heterocycles. The lowest BCUT2D eigenvalue weighted by molar-refractivity contribution is 0.102. The summed E-state index contributed by atoms with van der Waals surface area (Å²) >= 11 is 0. The van der Waals surface area contributed by atoms with Gasteiger partial charge in [0.25, 0.3) is 11.5 Å². The van der Waals surface area contributed by atoms with Crippen molar-refractivity contribution in [2.75, 3.05) is 32.1 Å². The van der Waals surface area contributed by atoms with Gasteiger partial charge < -0.3 is 19.7 Å². The molecule has 2 aromatic heterocycles. The molecule has 2 aliphatic rings. The Balaban J connectivity index is 1.21. The van der Waals surface area contributed by atoms with Crippen LogP contribution >= 0.6 is 0 Å². The number of likely N-dealkylation sites (tertiary alicyclic amines) is 1. The summed E-state index contributed by atoms with van der Waals surface area (Å²) in [5, 5.41) is 7.30. The van der Waals surface area contributed by atoms with E-state index in [1.54, 1.807) is 43.5 Å². The summed E-state index contributed by atoms with van der Waals surface area (Å²) in [6.45, 7) is 5.04. The number of aromatic nitrogens is 3. The highest BCUT2D eigenvalue weighted by Crippen LogP contribution is 2.34. The maximum Gasteiger partial charge on any atom is 0.271 e. The number of halogens is 1. The van der Waals surface area contributed by atoms with E-state index in [2.05, 4.69) is 28.4 Å². The van der Waals surface area contributed by atoms with Gasteiger partial charge in [-0.25, -0.2) is 4.39 Å². The first kappa shape index (κ1) is 27.5. The Labute approximate surface area is 242 Å². The monoisotopic (exact) mass is 569 g/mol. The maximum atomic E-state index is 13.4. The van der Waals surface area contributed by atoms with E-state index in [9.17, 15) is 14.0 Å². The van der Waals surface area contributed by atoms with Crippen molar-refractivity contribution in [1.82, 2.24) is 19.2 Å². The number of fused-ring (bicyclic) bond motifs is 1. The molecule has 4 aromatic rings. The van der Waals surface area contributed by atoms with Crippen LogP contribution < -0.4 is 20.3 Å². The van der Waals surface area contributed by atoms with Gasteiger partial charge in [-0.15, -0.1) is 0 Å². The number of carbonyl (C=O) groups is 1. The van der Waals surface area contributed by atoms with Gasteiger partial charge in [0, 0.05) is 42.8 Å². The maximum absolute atomic E-state index is 13.4. The minimum absolute atomic E-state index is 0.145. The Bertz CT molecular complexity index is 1680. The molecule has 0 bridgehead atoms. The Morgan fingerprint density at radius 2 is 1.86 bits per heavy atom. The molecule has 2 atom stereocenters. The molecule has 0 radical (unpaired) electrons. The molecule has 0 aliphatic carbocycles. The van der Waals surface area contributed by atoms with Gasteiger partial charge in [0.2, 0.25) is 0 Å². The summed E-state index contributed by atoms with van der Waals surface area (Å²) in [6, 6.07) is 16.0. The van der Waals surface area contributed by atoms with Crippen LogP contribution in [-0.2, 0) is 6.54 Å². The van der Waals surface area contributed by atoms with Crippen LogP contribution in [0.4, 0.5) is 10.1 Å². The van der Waals surface area contributed by atoms with Crippen LogP contribution in [0.5, 0.6) is 11.5 Å². The Morgan fingerprint density at radius 3 is 2.57 bits per heavy atom. The number of hydrogen-bond acceptors (Lipinski definition) is 6. The van der Waals surface area contributed by atoms with Crippen LogP contribution in [0.2, 0.25) is 0 Å². The van der Waals surface area contributed by atoms with E-state index in [4.69, 9.17) is 9.47 Å². The first-order valence-corrected chi connectivity index (χ1v) is 14.1. The van der Waals surface area contributed by atoms with Gasteiger partial charge in [-0.2, -0.15) is 5.10 Å². The van der Waals surface area contributed by atoms with Crippen molar-refractivity contribution in [2.24, 2.45) is 11.8 Å². The predicted molar refractivity (Wildman–Crippen MR) is 157 cm³/mol. The second-order valence-electron chi connectivity index (χ2n) is 10.6. The standard InChI is InChI=1S/C32H32FN5O4/c1-3-41-28-14-17-37(25-8-4-23(33)5-9-25)32(40)30(28)31(39)35-24-6-10-26(11-7-24)42-29-18-22(21-13-16-36(2)19-21)20-38-27(29)12-15-34-38/h4-12,14-15,17-18,21-22H,3,13,16,19-20H2,1-2H3,(H,35,39). The zero-order chi connectivity index (χ0) is 29.2.